The van der Waals surface area contributed by atoms with E-state index in [4.69, 9.17) is 16.3 Å². The van der Waals surface area contributed by atoms with Crippen molar-refractivity contribution in [3.05, 3.63) is 64.7 Å². The number of carboxylic acids is 1. The van der Waals surface area contributed by atoms with Gasteiger partial charge in [-0.25, -0.2) is 8.42 Å². The molecule has 26 heavy (non-hydrogen) atoms. The summed E-state index contributed by atoms with van der Waals surface area (Å²) in [5.41, 5.74) is 1.94. The molecule has 1 N–H and O–H groups in total. The van der Waals surface area contributed by atoms with Crippen molar-refractivity contribution in [2.75, 3.05) is 13.2 Å². The maximum Gasteiger partial charge on any atom is 0.322 e. The summed E-state index contributed by atoms with van der Waals surface area (Å²) in [6.07, 6.45) is 0.534. The molecular weight excluding hydrogens is 376 g/mol. The first-order chi connectivity index (χ1) is 12.3. The number of aryl methyl sites for hydroxylation is 1. The Morgan fingerprint density at radius 3 is 2.27 bits per heavy atom. The number of ether oxygens (including phenoxy) is 1. The molecule has 0 aliphatic carbocycles. The van der Waals surface area contributed by atoms with E-state index in [0.29, 0.717) is 18.1 Å². The molecule has 1 unspecified atom stereocenters. The zero-order valence-electron chi connectivity index (χ0n) is 14.4. The normalized spacial score (nSPS) is 12.7. The van der Waals surface area contributed by atoms with Crippen molar-refractivity contribution in [1.29, 1.82) is 0 Å². The van der Waals surface area contributed by atoms with Crippen LogP contribution in [0.4, 0.5) is 0 Å². The van der Waals surface area contributed by atoms with E-state index in [9.17, 15) is 18.3 Å². The van der Waals surface area contributed by atoms with Crippen LogP contribution in [0.15, 0.2) is 53.4 Å². The number of carboxylic acid groups (broad SMARTS) is 1. The minimum absolute atomic E-state index is 0.0108. The minimum Gasteiger partial charge on any atom is -0.480 e. The van der Waals surface area contributed by atoms with Crippen LogP contribution in [-0.4, -0.2) is 38.0 Å². The molecule has 7 heteroatoms. The Bertz CT molecular complexity index is 829. The zero-order valence-corrected chi connectivity index (χ0v) is 16.0. The van der Waals surface area contributed by atoms with E-state index < -0.39 is 21.1 Å². The van der Waals surface area contributed by atoms with Gasteiger partial charge in [-0.15, -0.1) is 0 Å². The predicted octanol–water partition coefficient (Wildman–Crippen LogP) is 3.52. The molecule has 0 aliphatic rings. The average molecular weight is 397 g/mol. The van der Waals surface area contributed by atoms with Gasteiger partial charge in [0.15, 0.2) is 15.1 Å². The van der Waals surface area contributed by atoms with E-state index in [1.165, 1.54) is 12.1 Å². The van der Waals surface area contributed by atoms with E-state index in [-0.39, 0.29) is 17.9 Å². The molecule has 0 fully saturated rings. The number of aliphatic carboxylic acids is 1. The van der Waals surface area contributed by atoms with Gasteiger partial charge in [0, 0.05) is 11.6 Å². The van der Waals surface area contributed by atoms with Crippen LogP contribution in [-0.2, 0) is 25.8 Å². The molecule has 0 radical (unpaired) electrons. The number of sulfone groups is 1. The molecule has 0 heterocycles. The van der Waals surface area contributed by atoms with Gasteiger partial charge in [-0.05, 0) is 49.6 Å². The van der Waals surface area contributed by atoms with Gasteiger partial charge in [0.1, 0.15) is 0 Å². The second-order valence-electron chi connectivity index (χ2n) is 5.96. The third kappa shape index (κ3) is 5.56. The van der Waals surface area contributed by atoms with E-state index in [1.807, 2.05) is 19.1 Å². The van der Waals surface area contributed by atoms with Crippen molar-refractivity contribution in [3.8, 4) is 0 Å². The fraction of sp³-hybridized carbons (Fsp3) is 0.316. The Labute approximate surface area is 158 Å². The van der Waals surface area contributed by atoms with E-state index in [1.54, 1.807) is 24.3 Å². The third-order valence-corrected chi connectivity index (χ3v) is 6.34. The van der Waals surface area contributed by atoms with Crippen molar-refractivity contribution in [1.82, 2.24) is 0 Å². The Hall–Kier alpha value is -1.89. The summed E-state index contributed by atoms with van der Waals surface area (Å²) in [5, 5.41) is 8.46. The lowest BCUT2D eigenvalue weighted by Gasteiger charge is -2.14. The van der Waals surface area contributed by atoms with Crippen LogP contribution in [0.1, 0.15) is 17.5 Å². The summed E-state index contributed by atoms with van der Waals surface area (Å²) in [7, 11) is -3.96. The maximum atomic E-state index is 12.6. The fourth-order valence-corrected chi connectivity index (χ4v) is 4.08. The molecule has 1 atom stereocenters. The third-order valence-electron chi connectivity index (χ3n) is 3.97. The van der Waals surface area contributed by atoms with Gasteiger partial charge in [-0.2, -0.15) is 0 Å². The Morgan fingerprint density at radius 2 is 1.69 bits per heavy atom. The van der Waals surface area contributed by atoms with Gasteiger partial charge in [0.05, 0.1) is 11.5 Å². The molecule has 5 nitrogen and oxygen atoms in total. The Kier molecular flexibility index (Phi) is 7.20. The molecule has 0 saturated heterocycles. The van der Waals surface area contributed by atoms with Crippen LogP contribution < -0.4 is 0 Å². The summed E-state index contributed by atoms with van der Waals surface area (Å²) in [6.45, 7) is 2.26. The summed E-state index contributed by atoms with van der Waals surface area (Å²) < 4.78 is 30.5. The zero-order chi connectivity index (χ0) is 19.2. The number of rotatable bonds is 9. The van der Waals surface area contributed by atoms with Crippen LogP contribution in [0.5, 0.6) is 0 Å². The molecule has 2 rings (SSSR count). The summed E-state index contributed by atoms with van der Waals surface area (Å²) in [4.78, 5) is 11.5. The standard InChI is InChI=1S/C19H21ClO5S/c1-14-2-8-17(9-3-14)26(23,24)18(19(21)22)11-13-25-12-10-15-4-6-16(20)7-5-15/h2-9,18H,10-13H2,1H3,(H,21,22). The molecule has 0 saturated carbocycles. The van der Waals surface area contributed by atoms with E-state index >= 15 is 0 Å². The first-order valence-electron chi connectivity index (χ1n) is 8.16. The molecule has 0 aromatic heterocycles. The molecule has 2 aromatic carbocycles. The molecular formula is C19H21ClO5S. The minimum atomic E-state index is -3.96. The lowest BCUT2D eigenvalue weighted by Crippen LogP contribution is -2.31. The van der Waals surface area contributed by atoms with Gasteiger partial charge in [-0.3, -0.25) is 4.79 Å². The SMILES string of the molecule is Cc1ccc(S(=O)(=O)C(CCOCCc2ccc(Cl)cc2)C(=O)O)cc1. The summed E-state index contributed by atoms with van der Waals surface area (Å²) >= 11 is 5.82. The van der Waals surface area contributed by atoms with Crippen molar-refractivity contribution >= 4 is 27.4 Å². The molecule has 2 aromatic rings. The second-order valence-corrected chi connectivity index (χ2v) is 8.53. The highest BCUT2D eigenvalue weighted by molar-refractivity contribution is 7.92. The highest BCUT2D eigenvalue weighted by Gasteiger charge is 2.33. The Balaban J connectivity index is 1.90. The summed E-state index contributed by atoms with van der Waals surface area (Å²) in [5.74, 6) is -1.37. The van der Waals surface area contributed by atoms with Crippen LogP contribution in [0.25, 0.3) is 0 Å². The Morgan fingerprint density at radius 1 is 1.08 bits per heavy atom. The van der Waals surface area contributed by atoms with Gasteiger partial charge in [-0.1, -0.05) is 41.4 Å². The van der Waals surface area contributed by atoms with Gasteiger partial charge in [0.2, 0.25) is 0 Å². The first kappa shape index (κ1) is 20.4. The molecule has 0 bridgehead atoms. The number of halogens is 1. The van der Waals surface area contributed by atoms with Crippen LogP contribution in [0.2, 0.25) is 5.02 Å². The van der Waals surface area contributed by atoms with E-state index in [2.05, 4.69) is 0 Å². The lowest BCUT2D eigenvalue weighted by atomic mass is 10.2. The number of hydrogen-bond donors (Lipinski definition) is 1. The fourth-order valence-electron chi connectivity index (χ4n) is 2.44. The van der Waals surface area contributed by atoms with Crippen molar-refractivity contribution in [2.24, 2.45) is 0 Å². The van der Waals surface area contributed by atoms with Crippen molar-refractivity contribution < 1.29 is 23.1 Å². The number of benzene rings is 2. The van der Waals surface area contributed by atoms with Gasteiger partial charge >= 0.3 is 5.97 Å². The monoisotopic (exact) mass is 396 g/mol. The van der Waals surface area contributed by atoms with E-state index in [0.717, 1.165) is 11.1 Å². The van der Waals surface area contributed by atoms with Gasteiger partial charge < -0.3 is 9.84 Å². The van der Waals surface area contributed by atoms with Gasteiger partial charge in [0.25, 0.3) is 0 Å². The quantitative estimate of drug-likeness (QED) is 0.656. The highest BCUT2D eigenvalue weighted by atomic mass is 35.5. The van der Waals surface area contributed by atoms with Crippen LogP contribution in [0.3, 0.4) is 0 Å². The van der Waals surface area contributed by atoms with Crippen LogP contribution >= 0.6 is 11.6 Å². The molecule has 0 spiro atoms. The summed E-state index contributed by atoms with van der Waals surface area (Å²) in [6, 6.07) is 13.5. The van der Waals surface area contributed by atoms with Crippen molar-refractivity contribution in [2.45, 2.75) is 29.9 Å². The predicted molar refractivity (Wildman–Crippen MR) is 100 cm³/mol. The topological polar surface area (TPSA) is 80.7 Å². The molecule has 0 amide bonds. The largest absolute Gasteiger partial charge is 0.480 e. The second kappa shape index (κ2) is 9.16. The van der Waals surface area contributed by atoms with Crippen molar-refractivity contribution in [3.63, 3.8) is 0 Å². The smallest absolute Gasteiger partial charge is 0.322 e. The highest BCUT2D eigenvalue weighted by Crippen LogP contribution is 2.19. The molecule has 140 valence electrons. The lowest BCUT2D eigenvalue weighted by molar-refractivity contribution is -0.136. The maximum absolute atomic E-state index is 12.6. The first-order valence-corrected chi connectivity index (χ1v) is 10.1. The number of hydrogen-bond acceptors (Lipinski definition) is 4. The molecule has 0 aliphatic heterocycles. The number of carbonyl (C=O) groups is 1. The average Bonchev–Trinajstić information content (AvgIpc) is 2.59. The van der Waals surface area contributed by atoms with Crippen LogP contribution in [0, 0.1) is 6.92 Å².